The van der Waals surface area contributed by atoms with Crippen LogP contribution < -0.4 is 0 Å². The number of ketones is 1. The molecule has 1 aliphatic heterocycles. The Morgan fingerprint density at radius 2 is 2.00 bits per heavy atom. The monoisotopic (exact) mass is 267 g/mol. The van der Waals surface area contributed by atoms with E-state index in [1.54, 1.807) is 26.8 Å². The normalized spacial score (nSPS) is 20.6. The molecule has 0 fully saturated rings. The molecule has 0 unspecified atom stereocenters. The highest BCUT2D eigenvalue weighted by Gasteiger charge is 2.37. The van der Waals surface area contributed by atoms with Gasteiger partial charge in [-0.1, -0.05) is 13.0 Å². The van der Waals surface area contributed by atoms with Gasteiger partial charge >= 0.3 is 6.09 Å². The zero-order valence-corrected chi connectivity index (χ0v) is 12.1. The number of nitrogens with zero attached hydrogens (tertiary/aromatic N) is 1. The van der Waals surface area contributed by atoms with Crippen LogP contribution in [0, 0.1) is 5.92 Å². The average Bonchev–Trinajstić information content (AvgIpc) is 2.56. The van der Waals surface area contributed by atoms with Gasteiger partial charge in [-0.25, -0.2) is 9.69 Å². The average molecular weight is 267 g/mol. The maximum atomic E-state index is 12.0. The van der Waals surface area contributed by atoms with Gasteiger partial charge in [-0.05, 0) is 33.6 Å². The van der Waals surface area contributed by atoms with Gasteiger partial charge in [0.1, 0.15) is 11.4 Å². The fraction of sp³-hybridized carbons (Fsp3) is 0.643. The second-order valence-electron chi connectivity index (χ2n) is 5.92. The van der Waals surface area contributed by atoms with Crippen molar-refractivity contribution in [3.8, 4) is 0 Å². The molecule has 0 aromatic rings. The Bertz CT molecular complexity index is 420. The van der Waals surface area contributed by atoms with Crippen LogP contribution in [0.2, 0.25) is 0 Å². The smallest absolute Gasteiger partial charge is 0.417 e. The molecular formula is C14H21NO4. The number of hydrogen-bond donors (Lipinski definition) is 0. The molecule has 2 amide bonds. The summed E-state index contributed by atoms with van der Waals surface area (Å²) in [6.07, 6.45) is 2.66. The Morgan fingerprint density at radius 3 is 2.47 bits per heavy atom. The van der Waals surface area contributed by atoms with Crippen LogP contribution >= 0.6 is 0 Å². The predicted molar refractivity (Wildman–Crippen MR) is 70.5 cm³/mol. The van der Waals surface area contributed by atoms with Crippen LogP contribution in [0.3, 0.4) is 0 Å². The topological polar surface area (TPSA) is 63.7 Å². The van der Waals surface area contributed by atoms with Gasteiger partial charge in [0.2, 0.25) is 0 Å². The minimum Gasteiger partial charge on any atom is -0.443 e. The lowest BCUT2D eigenvalue weighted by molar-refractivity contribution is -0.127. The third-order valence-corrected chi connectivity index (χ3v) is 2.75. The van der Waals surface area contributed by atoms with Crippen molar-refractivity contribution in [2.75, 3.05) is 0 Å². The molecule has 0 N–H and O–H groups in total. The summed E-state index contributed by atoms with van der Waals surface area (Å²) >= 11 is 0. The molecule has 1 aliphatic rings. The molecule has 0 aromatic carbocycles. The van der Waals surface area contributed by atoms with Gasteiger partial charge in [0.25, 0.3) is 5.91 Å². The summed E-state index contributed by atoms with van der Waals surface area (Å²) in [6, 6.07) is -0.411. The summed E-state index contributed by atoms with van der Waals surface area (Å²) < 4.78 is 5.22. The SMILES string of the molecule is CC(=O)C[C@@H](C)[C@@H]1C=CC(=O)N1C(=O)OC(C)(C)C. The van der Waals surface area contributed by atoms with Crippen molar-refractivity contribution in [1.29, 1.82) is 0 Å². The molecule has 0 aromatic heterocycles. The van der Waals surface area contributed by atoms with Crippen LogP contribution in [0.1, 0.15) is 41.0 Å². The van der Waals surface area contributed by atoms with Crippen molar-refractivity contribution in [3.63, 3.8) is 0 Å². The maximum absolute atomic E-state index is 12.0. The molecule has 1 heterocycles. The van der Waals surface area contributed by atoms with Gasteiger partial charge in [-0.15, -0.1) is 0 Å². The largest absolute Gasteiger partial charge is 0.443 e. The molecule has 106 valence electrons. The van der Waals surface area contributed by atoms with E-state index in [9.17, 15) is 14.4 Å². The first-order valence-corrected chi connectivity index (χ1v) is 6.35. The Hall–Kier alpha value is -1.65. The fourth-order valence-corrected chi connectivity index (χ4v) is 2.04. The van der Waals surface area contributed by atoms with E-state index >= 15 is 0 Å². The number of hydrogen-bond acceptors (Lipinski definition) is 4. The van der Waals surface area contributed by atoms with Crippen LogP contribution in [-0.4, -0.2) is 34.3 Å². The predicted octanol–water partition coefficient (Wildman–Crippen LogP) is 2.30. The molecule has 5 heteroatoms. The van der Waals surface area contributed by atoms with Crippen molar-refractivity contribution in [1.82, 2.24) is 4.90 Å². The Labute approximate surface area is 113 Å². The third kappa shape index (κ3) is 4.19. The second kappa shape index (κ2) is 5.55. The molecular weight excluding hydrogens is 246 g/mol. The van der Waals surface area contributed by atoms with Crippen molar-refractivity contribution in [3.05, 3.63) is 12.2 Å². The summed E-state index contributed by atoms with van der Waals surface area (Å²) in [5.74, 6) is -0.480. The van der Waals surface area contributed by atoms with E-state index in [1.807, 2.05) is 6.92 Å². The molecule has 0 saturated heterocycles. The summed E-state index contributed by atoms with van der Waals surface area (Å²) in [6.45, 7) is 8.56. The molecule has 19 heavy (non-hydrogen) atoms. The number of amides is 2. The summed E-state index contributed by atoms with van der Waals surface area (Å²) in [7, 11) is 0. The molecule has 0 bridgehead atoms. The maximum Gasteiger partial charge on any atom is 0.417 e. The van der Waals surface area contributed by atoms with E-state index in [0.717, 1.165) is 4.90 Å². The zero-order valence-electron chi connectivity index (χ0n) is 12.1. The summed E-state index contributed by atoms with van der Waals surface area (Å²) in [5, 5.41) is 0. The van der Waals surface area contributed by atoms with E-state index in [1.165, 1.54) is 13.0 Å². The van der Waals surface area contributed by atoms with Crippen LogP contribution in [-0.2, 0) is 14.3 Å². The molecule has 0 aliphatic carbocycles. The first kappa shape index (κ1) is 15.4. The van der Waals surface area contributed by atoms with Crippen LogP contribution in [0.15, 0.2) is 12.2 Å². The van der Waals surface area contributed by atoms with Gasteiger partial charge in [-0.2, -0.15) is 0 Å². The molecule has 1 rings (SSSR count). The fourth-order valence-electron chi connectivity index (χ4n) is 2.04. The highest BCUT2D eigenvalue weighted by molar-refractivity contribution is 6.01. The van der Waals surface area contributed by atoms with Gasteiger partial charge < -0.3 is 9.53 Å². The Balaban J connectivity index is 2.82. The number of carbonyl (C=O) groups is 3. The van der Waals surface area contributed by atoms with E-state index < -0.39 is 23.6 Å². The zero-order chi connectivity index (χ0) is 14.8. The highest BCUT2D eigenvalue weighted by atomic mass is 16.6. The lowest BCUT2D eigenvalue weighted by Gasteiger charge is -2.29. The Kier molecular flexibility index (Phi) is 4.50. The standard InChI is InChI=1S/C14H21NO4/c1-9(8-10(2)16)11-6-7-12(17)15(11)13(18)19-14(3,4)5/h6-7,9,11H,8H2,1-5H3/t9-,11+/m1/s1. The van der Waals surface area contributed by atoms with Crippen molar-refractivity contribution in [2.45, 2.75) is 52.7 Å². The Morgan fingerprint density at radius 1 is 1.42 bits per heavy atom. The van der Waals surface area contributed by atoms with Gasteiger partial charge in [0.15, 0.2) is 0 Å². The van der Waals surface area contributed by atoms with E-state index in [2.05, 4.69) is 0 Å². The van der Waals surface area contributed by atoms with Crippen molar-refractivity contribution >= 4 is 17.8 Å². The highest BCUT2D eigenvalue weighted by Crippen LogP contribution is 2.24. The molecule has 0 saturated carbocycles. The molecule has 0 radical (unpaired) electrons. The number of carbonyl (C=O) groups excluding carboxylic acids is 3. The second-order valence-corrected chi connectivity index (χ2v) is 5.92. The summed E-state index contributed by atoms with van der Waals surface area (Å²) in [4.78, 5) is 36.0. The number of Topliss-reactive ketones (excluding diaryl/α,β-unsaturated/α-hetero) is 1. The van der Waals surface area contributed by atoms with Gasteiger partial charge in [0.05, 0.1) is 6.04 Å². The lowest BCUT2D eigenvalue weighted by atomic mass is 9.96. The quantitative estimate of drug-likeness (QED) is 0.787. The minimum atomic E-state index is -0.664. The van der Waals surface area contributed by atoms with Crippen LogP contribution in [0.25, 0.3) is 0 Å². The van der Waals surface area contributed by atoms with E-state index in [4.69, 9.17) is 4.74 Å². The number of imide groups is 1. The third-order valence-electron chi connectivity index (χ3n) is 2.75. The van der Waals surface area contributed by atoms with E-state index in [0.29, 0.717) is 6.42 Å². The number of ether oxygens (including phenoxy) is 1. The van der Waals surface area contributed by atoms with Gasteiger partial charge in [0, 0.05) is 12.5 Å². The van der Waals surface area contributed by atoms with Crippen LogP contribution in [0.4, 0.5) is 4.79 Å². The van der Waals surface area contributed by atoms with Gasteiger partial charge in [-0.3, -0.25) is 4.79 Å². The lowest BCUT2D eigenvalue weighted by Crippen LogP contribution is -2.45. The minimum absolute atomic E-state index is 0.0318. The van der Waals surface area contributed by atoms with E-state index in [-0.39, 0.29) is 11.7 Å². The van der Waals surface area contributed by atoms with Crippen LogP contribution in [0.5, 0.6) is 0 Å². The molecule has 2 atom stereocenters. The van der Waals surface area contributed by atoms with Crippen molar-refractivity contribution < 1.29 is 19.1 Å². The molecule has 5 nitrogen and oxygen atoms in total. The first-order valence-electron chi connectivity index (χ1n) is 6.35. The number of rotatable bonds is 3. The van der Waals surface area contributed by atoms with Crippen molar-refractivity contribution in [2.24, 2.45) is 5.92 Å². The molecule has 0 spiro atoms. The first-order chi connectivity index (χ1) is 8.61. The summed E-state index contributed by atoms with van der Waals surface area (Å²) in [5.41, 5.74) is -0.658.